The normalized spacial score (nSPS) is 19.7. The van der Waals surface area contributed by atoms with Crippen molar-refractivity contribution in [1.29, 1.82) is 5.26 Å². The number of piperazine rings is 1. The fraction of sp³-hybridized carbons (Fsp3) is 0.371. The van der Waals surface area contributed by atoms with Gasteiger partial charge in [0, 0.05) is 68.6 Å². The van der Waals surface area contributed by atoms with E-state index in [1.54, 1.807) is 12.1 Å². The van der Waals surface area contributed by atoms with Gasteiger partial charge in [-0.2, -0.15) is 5.26 Å². The summed E-state index contributed by atoms with van der Waals surface area (Å²) in [7, 11) is 5.40. The average molecular weight is 650 g/mol. The van der Waals surface area contributed by atoms with Gasteiger partial charge in [-0.15, -0.1) is 0 Å². The maximum absolute atomic E-state index is 13.3. The van der Waals surface area contributed by atoms with Crippen LogP contribution in [0.5, 0.6) is 11.5 Å². The number of nitriles is 1. The number of carbonyl (C=O) groups excluding carboxylic acids is 3. The second kappa shape index (κ2) is 14.0. The number of amides is 3. The molecule has 3 amide bonds. The van der Waals surface area contributed by atoms with Crippen LogP contribution in [-0.2, 0) is 29.3 Å². The first kappa shape index (κ1) is 32.2. The monoisotopic (exact) mass is 649 g/mol. The third kappa shape index (κ3) is 6.88. The lowest BCUT2D eigenvalue weighted by Gasteiger charge is -2.39. The molecular formula is C35H37N6O5Si. The number of benzene rings is 3. The SMILES string of the molecule is CNCCOc1cc(N2CCN(Cc3ccc(COc4cccc5c4CN([C@@]4([Si])CCC(=O)NC4=O)C5=O)cc3)CC2)ccc1C#N. The maximum Gasteiger partial charge on any atom is 0.255 e. The van der Waals surface area contributed by atoms with Crippen molar-refractivity contribution in [2.24, 2.45) is 0 Å². The summed E-state index contributed by atoms with van der Waals surface area (Å²) < 4.78 is 12.0. The van der Waals surface area contributed by atoms with E-state index in [4.69, 9.17) is 9.47 Å². The summed E-state index contributed by atoms with van der Waals surface area (Å²) in [5, 5.41) is 13.6. The standard InChI is InChI=1S/C35H37N6O5Si/c1-37-13-18-45-31-19-27(10-9-26(31)20-36)40-16-14-39(15-17-40)21-24-5-7-25(8-6-24)23-46-30-4-2-3-28-29(30)22-41(33(28)43)35(47)12-11-32(42)38-34(35)44/h2-10,19,37H,11-18,21-23H2,1H3,(H,38,42,44)/t35-/m1/s1. The minimum absolute atomic E-state index is 0.151. The highest BCUT2D eigenvalue weighted by Gasteiger charge is 2.48. The van der Waals surface area contributed by atoms with Crippen LogP contribution < -0.4 is 25.0 Å². The van der Waals surface area contributed by atoms with E-state index in [1.807, 2.05) is 31.3 Å². The molecule has 0 bridgehead atoms. The van der Waals surface area contributed by atoms with E-state index < -0.39 is 11.1 Å². The van der Waals surface area contributed by atoms with Gasteiger partial charge in [-0.05, 0) is 48.9 Å². The first-order chi connectivity index (χ1) is 22.8. The second-order valence-electron chi connectivity index (χ2n) is 12.0. The van der Waals surface area contributed by atoms with Crippen LogP contribution in [0.15, 0.2) is 60.7 Å². The number of piperidine rings is 1. The largest absolute Gasteiger partial charge is 0.491 e. The van der Waals surface area contributed by atoms with Crippen molar-refractivity contribution in [3.8, 4) is 17.6 Å². The highest BCUT2D eigenvalue weighted by molar-refractivity contribution is 6.32. The van der Waals surface area contributed by atoms with Gasteiger partial charge in [0.25, 0.3) is 5.91 Å². The van der Waals surface area contributed by atoms with Crippen LogP contribution in [0, 0.1) is 11.3 Å². The van der Waals surface area contributed by atoms with Gasteiger partial charge in [0.2, 0.25) is 11.8 Å². The summed E-state index contributed by atoms with van der Waals surface area (Å²) in [6.45, 7) is 6.21. The maximum atomic E-state index is 13.3. The van der Waals surface area contributed by atoms with E-state index in [9.17, 15) is 19.6 Å². The lowest BCUT2D eigenvalue weighted by atomic mass is 10.0. The Morgan fingerprint density at radius 3 is 2.47 bits per heavy atom. The predicted octanol–water partition coefficient (Wildman–Crippen LogP) is 2.31. The highest BCUT2D eigenvalue weighted by atomic mass is 28.1. The van der Waals surface area contributed by atoms with Crippen molar-refractivity contribution in [2.75, 3.05) is 51.3 Å². The van der Waals surface area contributed by atoms with Crippen molar-refractivity contribution in [3.63, 3.8) is 0 Å². The van der Waals surface area contributed by atoms with Gasteiger partial charge in [-0.1, -0.05) is 30.3 Å². The Labute approximate surface area is 277 Å². The number of anilines is 1. The third-order valence-electron chi connectivity index (χ3n) is 8.98. The van der Waals surface area contributed by atoms with Gasteiger partial charge in [0.1, 0.15) is 35.9 Å². The number of hydrogen-bond acceptors (Lipinski definition) is 9. The fourth-order valence-corrected chi connectivity index (χ4v) is 6.58. The number of nitrogens with zero attached hydrogens (tertiary/aromatic N) is 4. The molecule has 3 heterocycles. The Morgan fingerprint density at radius 2 is 1.74 bits per heavy atom. The van der Waals surface area contributed by atoms with E-state index >= 15 is 0 Å². The van der Waals surface area contributed by atoms with Crippen molar-refractivity contribution >= 4 is 33.7 Å². The number of ether oxygens (including phenoxy) is 2. The summed E-state index contributed by atoms with van der Waals surface area (Å²) in [6.07, 6.45) is 0.356. The first-order valence-electron chi connectivity index (χ1n) is 15.8. The summed E-state index contributed by atoms with van der Waals surface area (Å²) in [6, 6.07) is 21.8. The molecule has 0 unspecified atom stereocenters. The molecule has 3 aromatic carbocycles. The molecule has 0 aliphatic carbocycles. The van der Waals surface area contributed by atoms with Crippen LogP contribution in [0.3, 0.4) is 0 Å². The van der Waals surface area contributed by atoms with Gasteiger partial charge in [-0.25, -0.2) is 0 Å². The first-order valence-corrected chi connectivity index (χ1v) is 16.3. The number of imide groups is 1. The molecule has 2 N–H and O–H groups in total. The Balaban J connectivity index is 1.01. The molecule has 11 nitrogen and oxygen atoms in total. The molecule has 12 heteroatoms. The molecule has 2 fully saturated rings. The third-order valence-corrected chi connectivity index (χ3v) is 9.73. The Hall–Kier alpha value is -4.70. The average Bonchev–Trinajstić information content (AvgIpc) is 3.44. The number of nitrogens with one attached hydrogen (secondary N) is 2. The summed E-state index contributed by atoms with van der Waals surface area (Å²) in [4.78, 5) is 43.9. The Morgan fingerprint density at radius 1 is 0.979 bits per heavy atom. The van der Waals surface area contributed by atoms with Crippen molar-refractivity contribution in [2.45, 2.75) is 37.7 Å². The zero-order valence-electron chi connectivity index (χ0n) is 26.4. The van der Waals surface area contributed by atoms with Crippen LogP contribution in [0.1, 0.15) is 45.5 Å². The van der Waals surface area contributed by atoms with Gasteiger partial charge in [-0.3, -0.25) is 24.6 Å². The Kier molecular flexibility index (Phi) is 9.58. The topological polar surface area (TPSA) is 127 Å². The summed E-state index contributed by atoms with van der Waals surface area (Å²) >= 11 is 0. The lowest BCUT2D eigenvalue weighted by molar-refractivity contribution is -0.138. The second-order valence-corrected chi connectivity index (χ2v) is 12.9. The number of rotatable bonds is 11. The zero-order chi connectivity index (χ0) is 33.0. The number of fused-ring (bicyclic) bond motifs is 1. The van der Waals surface area contributed by atoms with Gasteiger partial charge in [0.05, 0.1) is 22.4 Å². The molecule has 47 heavy (non-hydrogen) atoms. The molecule has 241 valence electrons. The summed E-state index contributed by atoms with van der Waals surface area (Å²) in [5.74, 6) is 0.0829. The Bertz CT molecular complexity index is 1700. The predicted molar refractivity (Wildman–Crippen MR) is 176 cm³/mol. The molecule has 2 saturated heterocycles. The van der Waals surface area contributed by atoms with Gasteiger partial charge >= 0.3 is 0 Å². The number of carbonyl (C=O) groups is 3. The van der Waals surface area contributed by atoms with Crippen LogP contribution >= 0.6 is 0 Å². The fourth-order valence-electron chi connectivity index (χ4n) is 6.21. The minimum atomic E-state index is -1.28. The molecule has 6 rings (SSSR count). The van der Waals surface area contributed by atoms with Crippen molar-refractivity contribution < 1.29 is 23.9 Å². The van der Waals surface area contributed by atoms with E-state index in [2.05, 4.69) is 61.0 Å². The van der Waals surface area contributed by atoms with E-state index in [-0.39, 0.29) is 31.2 Å². The molecule has 0 spiro atoms. The molecule has 3 radical (unpaired) electrons. The lowest BCUT2D eigenvalue weighted by Crippen LogP contribution is -2.63. The molecule has 0 aromatic heterocycles. The van der Waals surface area contributed by atoms with E-state index in [0.29, 0.717) is 42.4 Å². The minimum Gasteiger partial charge on any atom is -0.491 e. The molecule has 1 atom stereocenters. The van der Waals surface area contributed by atoms with Gasteiger partial charge in [0.15, 0.2) is 0 Å². The van der Waals surface area contributed by atoms with Crippen LogP contribution in [-0.4, -0.2) is 89.3 Å². The molecule has 0 saturated carbocycles. The van der Waals surface area contributed by atoms with Crippen LogP contribution in [0.2, 0.25) is 0 Å². The summed E-state index contributed by atoms with van der Waals surface area (Å²) in [5.41, 5.74) is 5.06. The molecule has 3 aliphatic rings. The molecule has 3 aliphatic heterocycles. The zero-order valence-corrected chi connectivity index (χ0v) is 27.4. The van der Waals surface area contributed by atoms with Crippen LogP contribution in [0.4, 0.5) is 5.69 Å². The number of hydrogen-bond donors (Lipinski definition) is 2. The quantitative estimate of drug-likeness (QED) is 0.183. The molecular weight excluding hydrogens is 613 g/mol. The smallest absolute Gasteiger partial charge is 0.255 e. The van der Waals surface area contributed by atoms with Gasteiger partial charge < -0.3 is 24.6 Å². The highest BCUT2D eigenvalue weighted by Crippen LogP contribution is 2.37. The van der Waals surface area contributed by atoms with Crippen LogP contribution in [0.25, 0.3) is 0 Å². The van der Waals surface area contributed by atoms with E-state index in [1.165, 1.54) is 10.5 Å². The number of likely N-dealkylation sites (N-methyl/N-ethyl adjacent to an activating group) is 1. The van der Waals surface area contributed by atoms with Crippen molar-refractivity contribution in [3.05, 3.63) is 88.5 Å². The molecule has 3 aromatic rings. The van der Waals surface area contributed by atoms with Crippen molar-refractivity contribution in [1.82, 2.24) is 20.4 Å². The van der Waals surface area contributed by atoms with E-state index in [0.717, 1.165) is 49.5 Å².